The zero-order valence-electron chi connectivity index (χ0n) is 10.1. The van der Waals surface area contributed by atoms with Crippen LogP contribution in [0.3, 0.4) is 0 Å². The highest BCUT2D eigenvalue weighted by molar-refractivity contribution is 7.47. The van der Waals surface area contributed by atoms with Crippen molar-refractivity contribution in [2.45, 2.75) is 19.1 Å². The number of carboxylic acids is 1. The summed E-state index contributed by atoms with van der Waals surface area (Å²) in [4.78, 5) is 29.9. The van der Waals surface area contributed by atoms with Crippen LogP contribution < -0.4 is 5.73 Å². The number of aliphatic carboxylic acids is 1. The van der Waals surface area contributed by atoms with Crippen LogP contribution in [-0.2, 0) is 27.9 Å². The van der Waals surface area contributed by atoms with E-state index in [0.29, 0.717) is 0 Å². The Morgan fingerprint density at radius 1 is 1.26 bits per heavy atom. The topological polar surface area (TPSA) is 166 Å². The number of hydrogen-bond donors (Lipinski definition) is 4. The molecule has 0 fully saturated rings. The number of aliphatic hydroxyl groups excluding tert-OH is 1. The van der Waals surface area contributed by atoms with E-state index in [-0.39, 0.29) is 0 Å². The van der Waals surface area contributed by atoms with Gasteiger partial charge in [0.2, 0.25) is 0 Å². The molecule has 0 radical (unpaired) electrons. The van der Waals surface area contributed by atoms with Crippen LogP contribution in [0.4, 0.5) is 0 Å². The van der Waals surface area contributed by atoms with Crippen LogP contribution >= 0.6 is 7.82 Å². The van der Waals surface area contributed by atoms with Crippen molar-refractivity contribution >= 4 is 19.8 Å². The van der Waals surface area contributed by atoms with Gasteiger partial charge in [-0.05, 0) is 0 Å². The molecule has 19 heavy (non-hydrogen) atoms. The molecule has 0 rings (SSSR count). The number of nitrogens with two attached hydrogens (primary N) is 1. The lowest BCUT2D eigenvalue weighted by atomic mass is 10.3. The number of esters is 1. The summed E-state index contributed by atoms with van der Waals surface area (Å²) < 4.78 is 24.3. The molecule has 5 N–H and O–H groups in total. The number of phosphoric acid groups is 1. The maximum absolute atomic E-state index is 11.2. The smallest absolute Gasteiger partial charge is 0.472 e. The molecule has 0 amide bonds. The van der Waals surface area contributed by atoms with Crippen molar-refractivity contribution < 1.29 is 43.0 Å². The van der Waals surface area contributed by atoms with E-state index in [9.17, 15) is 19.3 Å². The summed E-state index contributed by atoms with van der Waals surface area (Å²) in [6.07, 6.45) is -1.32. The van der Waals surface area contributed by atoms with E-state index in [1.54, 1.807) is 0 Å². The molecule has 0 heterocycles. The van der Waals surface area contributed by atoms with Gasteiger partial charge < -0.3 is 25.6 Å². The number of carboxylic acid groups (broad SMARTS) is 1. The van der Waals surface area contributed by atoms with Gasteiger partial charge in [-0.1, -0.05) is 0 Å². The predicted molar refractivity (Wildman–Crippen MR) is 60.0 cm³/mol. The number of carbonyl (C=O) groups is 2. The Hall–Kier alpha value is -1.03. The molecule has 0 spiro atoms. The summed E-state index contributed by atoms with van der Waals surface area (Å²) in [6, 6.07) is -1.48. The average molecular weight is 301 g/mol. The zero-order valence-corrected chi connectivity index (χ0v) is 11.0. The van der Waals surface area contributed by atoms with Crippen LogP contribution in [0.2, 0.25) is 0 Å². The highest BCUT2D eigenvalue weighted by Crippen LogP contribution is 2.43. The first-order valence-corrected chi connectivity index (χ1v) is 6.55. The van der Waals surface area contributed by atoms with Gasteiger partial charge in [-0.3, -0.25) is 18.6 Å². The zero-order chi connectivity index (χ0) is 15.1. The van der Waals surface area contributed by atoms with E-state index in [1.807, 2.05) is 0 Å². The normalized spacial score (nSPS) is 17.3. The van der Waals surface area contributed by atoms with Crippen molar-refractivity contribution in [2.75, 3.05) is 19.8 Å². The first-order chi connectivity index (χ1) is 8.64. The highest BCUT2D eigenvalue weighted by atomic mass is 31.2. The number of ether oxygens (including phenoxy) is 1. The van der Waals surface area contributed by atoms with E-state index in [0.717, 1.165) is 6.92 Å². The minimum atomic E-state index is -4.53. The molecule has 0 saturated heterocycles. The molecule has 0 saturated carbocycles. The molecule has 10 nitrogen and oxygen atoms in total. The standard InChI is InChI=1S/C8H16NO9P/c1-5(10)16-2-6(11)3-17-19(14,15)18-4-7(9)8(12)13/h6-7,11H,2-4,9H2,1H3,(H,12,13)(H,14,15). The fourth-order valence-electron chi connectivity index (χ4n) is 0.725. The van der Waals surface area contributed by atoms with E-state index in [2.05, 4.69) is 13.8 Å². The van der Waals surface area contributed by atoms with Gasteiger partial charge in [-0.2, -0.15) is 0 Å². The van der Waals surface area contributed by atoms with Gasteiger partial charge >= 0.3 is 19.8 Å². The Kier molecular flexibility index (Phi) is 7.76. The van der Waals surface area contributed by atoms with E-state index >= 15 is 0 Å². The summed E-state index contributed by atoms with van der Waals surface area (Å²) in [6.45, 7) is -0.655. The third kappa shape index (κ3) is 9.54. The highest BCUT2D eigenvalue weighted by Gasteiger charge is 2.25. The van der Waals surface area contributed by atoms with Crippen molar-refractivity contribution in [3.05, 3.63) is 0 Å². The minimum Gasteiger partial charge on any atom is -0.480 e. The fourth-order valence-corrected chi connectivity index (χ4v) is 1.51. The Labute approximate surface area is 108 Å². The predicted octanol–water partition coefficient (Wildman–Crippen LogP) is -1.54. The molecule has 0 bridgehead atoms. The van der Waals surface area contributed by atoms with Crippen molar-refractivity contribution in [2.24, 2.45) is 5.73 Å². The van der Waals surface area contributed by atoms with E-state index < -0.39 is 51.7 Å². The molecular weight excluding hydrogens is 285 g/mol. The lowest BCUT2D eigenvalue weighted by Gasteiger charge is -2.16. The van der Waals surface area contributed by atoms with Crippen LogP contribution in [0.15, 0.2) is 0 Å². The Morgan fingerprint density at radius 3 is 2.26 bits per heavy atom. The van der Waals surface area contributed by atoms with Gasteiger partial charge in [-0.15, -0.1) is 0 Å². The second-order valence-electron chi connectivity index (χ2n) is 3.46. The summed E-state index contributed by atoms with van der Waals surface area (Å²) in [5, 5.41) is 17.6. The van der Waals surface area contributed by atoms with Crippen molar-refractivity contribution in [1.82, 2.24) is 0 Å². The molecular formula is C8H16NO9P. The lowest BCUT2D eigenvalue weighted by molar-refractivity contribution is -0.144. The summed E-state index contributed by atoms with van der Waals surface area (Å²) in [7, 11) is -4.53. The number of aliphatic hydroxyl groups is 1. The number of carbonyl (C=O) groups excluding carboxylic acids is 1. The Balaban J connectivity index is 3.99. The first kappa shape index (κ1) is 18.0. The first-order valence-electron chi connectivity index (χ1n) is 5.05. The molecule has 0 aromatic rings. The maximum atomic E-state index is 11.2. The van der Waals surface area contributed by atoms with E-state index in [1.165, 1.54) is 0 Å². The molecule has 3 atom stereocenters. The summed E-state index contributed by atoms with van der Waals surface area (Å²) in [5.41, 5.74) is 5.04. The van der Waals surface area contributed by atoms with Gasteiger partial charge in [0, 0.05) is 6.92 Å². The number of rotatable bonds is 9. The Bertz CT molecular complexity index is 360. The summed E-state index contributed by atoms with van der Waals surface area (Å²) >= 11 is 0. The third-order valence-electron chi connectivity index (χ3n) is 1.64. The largest absolute Gasteiger partial charge is 0.480 e. The molecule has 3 unspecified atom stereocenters. The van der Waals surface area contributed by atoms with Gasteiger partial charge in [-0.25, -0.2) is 4.57 Å². The molecule has 0 aliphatic rings. The molecule has 0 aromatic heterocycles. The summed E-state index contributed by atoms with van der Waals surface area (Å²) in [5.74, 6) is -2.04. The lowest BCUT2D eigenvalue weighted by Crippen LogP contribution is -2.34. The van der Waals surface area contributed by atoms with Crippen LogP contribution in [0.1, 0.15) is 6.92 Å². The monoisotopic (exact) mass is 301 g/mol. The molecule has 112 valence electrons. The van der Waals surface area contributed by atoms with Gasteiger partial charge in [0.25, 0.3) is 0 Å². The molecule has 0 aliphatic heterocycles. The molecule has 0 aromatic carbocycles. The second kappa shape index (κ2) is 8.20. The van der Waals surface area contributed by atoms with E-state index in [4.69, 9.17) is 15.7 Å². The maximum Gasteiger partial charge on any atom is 0.472 e. The SMILES string of the molecule is CC(=O)OCC(O)COP(=O)(O)OCC(N)C(=O)O. The fraction of sp³-hybridized carbons (Fsp3) is 0.750. The second-order valence-corrected chi connectivity index (χ2v) is 4.91. The minimum absolute atomic E-state index is 0.413. The molecule has 11 heteroatoms. The van der Waals surface area contributed by atoms with Crippen LogP contribution in [0.25, 0.3) is 0 Å². The van der Waals surface area contributed by atoms with Gasteiger partial charge in [0.1, 0.15) is 18.8 Å². The molecule has 0 aliphatic carbocycles. The average Bonchev–Trinajstić information content (AvgIpc) is 2.30. The third-order valence-corrected chi connectivity index (χ3v) is 2.59. The van der Waals surface area contributed by atoms with Crippen molar-refractivity contribution in [3.63, 3.8) is 0 Å². The number of hydrogen-bond acceptors (Lipinski definition) is 8. The van der Waals surface area contributed by atoms with Crippen LogP contribution in [0, 0.1) is 0 Å². The van der Waals surface area contributed by atoms with Crippen molar-refractivity contribution in [3.8, 4) is 0 Å². The van der Waals surface area contributed by atoms with Gasteiger partial charge in [0.05, 0.1) is 13.2 Å². The quantitative estimate of drug-likeness (QED) is 0.289. The Morgan fingerprint density at radius 2 is 1.79 bits per heavy atom. The van der Waals surface area contributed by atoms with Gasteiger partial charge in [0.15, 0.2) is 0 Å². The van der Waals surface area contributed by atoms with Crippen LogP contribution in [0.5, 0.6) is 0 Å². The van der Waals surface area contributed by atoms with Crippen LogP contribution in [-0.4, -0.2) is 59.0 Å². The van der Waals surface area contributed by atoms with Crippen molar-refractivity contribution in [1.29, 1.82) is 0 Å². The number of phosphoric ester groups is 1.